The van der Waals surface area contributed by atoms with Crippen molar-refractivity contribution in [3.63, 3.8) is 0 Å². The van der Waals surface area contributed by atoms with Crippen LogP contribution in [-0.4, -0.2) is 44.7 Å². The van der Waals surface area contributed by atoms with Gasteiger partial charge in [-0.3, -0.25) is 0 Å². The van der Waals surface area contributed by atoms with Crippen molar-refractivity contribution < 1.29 is 13.2 Å². The highest BCUT2D eigenvalue weighted by Gasteiger charge is 2.23. The third kappa shape index (κ3) is 7.10. The van der Waals surface area contributed by atoms with Crippen molar-refractivity contribution in [2.75, 3.05) is 19.8 Å². The molecule has 7 heteroatoms. The summed E-state index contributed by atoms with van der Waals surface area (Å²) in [7, 11) is -1.62. The standard InChI is InChI=1S/C14H23N3O3S/c1-14(2,16-21(4,19)20)11-15-13(18)17(3)10-12-8-6-5-7-9-12/h5-9,16H,10-11H2,1-4H3,(H,15,18). The summed E-state index contributed by atoms with van der Waals surface area (Å²) in [6.45, 7) is 4.13. The lowest BCUT2D eigenvalue weighted by atomic mass is 10.1. The van der Waals surface area contributed by atoms with E-state index in [1.807, 2.05) is 30.3 Å². The predicted molar refractivity (Wildman–Crippen MR) is 83.4 cm³/mol. The van der Waals surface area contributed by atoms with Crippen LogP contribution < -0.4 is 10.0 Å². The predicted octanol–water partition coefficient (Wildman–Crippen LogP) is 1.16. The van der Waals surface area contributed by atoms with Crippen LogP contribution in [0, 0.1) is 0 Å². The van der Waals surface area contributed by atoms with E-state index in [0.29, 0.717) is 6.54 Å². The van der Waals surface area contributed by atoms with Gasteiger partial charge in [0.05, 0.1) is 6.26 Å². The van der Waals surface area contributed by atoms with E-state index in [-0.39, 0.29) is 12.6 Å². The molecule has 0 radical (unpaired) electrons. The van der Waals surface area contributed by atoms with Crippen LogP contribution in [0.5, 0.6) is 0 Å². The number of rotatable bonds is 6. The van der Waals surface area contributed by atoms with Gasteiger partial charge in [-0.15, -0.1) is 0 Å². The summed E-state index contributed by atoms with van der Waals surface area (Å²) in [5.74, 6) is 0. The highest BCUT2D eigenvalue weighted by Crippen LogP contribution is 2.05. The lowest BCUT2D eigenvalue weighted by Gasteiger charge is -2.27. The van der Waals surface area contributed by atoms with E-state index in [0.717, 1.165) is 11.8 Å². The molecule has 0 fully saturated rings. The number of carbonyl (C=O) groups is 1. The smallest absolute Gasteiger partial charge is 0.317 e. The van der Waals surface area contributed by atoms with Gasteiger partial charge in [0.2, 0.25) is 10.0 Å². The normalized spacial score (nSPS) is 12.0. The van der Waals surface area contributed by atoms with Crippen LogP contribution in [-0.2, 0) is 16.6 Å². The Kier molecular flexibility index (Phi) is 5.74. The highest BCUT2D eigenvalue weighted by atomic mass is 32.2. The number of nitrogens with zero attached hydrogens (tertiary/aromatic N) is 1. The van der Waals surface area contributed by atoms with Crippen LogP contribution in [0.15, 0.2) is 30.3 Å². The Bertz CT molecular complexity index is 570. The minimum atomic E-state index is -3.31. The third-order valence-electron chi connectivity index (χ3n) is 2.75. The topological polar surface area (TPSA) is 78.5 Å². The van der Waals surface area contributed by atoms with Gasteiger partial charge in [-0.25, -0.2) is 17.9 Å². The molecule has 0 atom stereocenters. The van der Waals surface area contributed by atoms with Gasteiger partial charge < -0.3 is 10.2 Å². The quantitative estimate of drug-likeness (QED) is 0.827. The molecule has 0 saturated heterocycles. The summed E-state index contributed by atoms with van der Waals surface area (Å²) in [4.78, 5) is 13.5. The van der Waals surface area contributed by atoms with Crippen molar-refractivity contribution >= 4 is 16.1 Å². The number of nitrogens with one attached hydrogen (secondary N) is 2. The zero-order valence-corrected chi connectivity index (χ0v) is 13.7. The molecule has 118 valence electrons. The van der Waals surface area contributed by atoms with E-state index in [2.05, 4.69) is 10.0 Å². The maximum Gasteiger partial charge on any atom is 0.317 e. The van der Waals surface area contributed by atoms with Crippen molar-refractivity contribution in [2.24, 2.45) is 0 Å². The molecule has 2 N–H and O–H groups in total. The van der Waals surface area contributed by atoms with Gasteiger partial charge >= 0.3 is 6.03 Å². The molecule has 0 aliphatic carbocycles. The Hall–Kier alpha value is -1.60. The van der Waals surface area contributed by atoms with Crippen LogP contribution in [0.2, 0.25) is 0 Å². The molecule has 1 aromatic carbocycles. The fourth-order valence-corrected chi connectivity index (χ4v) is 2.97. The lowest BCUT2D eigenvalue weighted by molar-refractivity contribution is 0.204. The van der Waals surface area contributed by atoms with Gasteiger partial charge in [-0.2, -0.15) is 0 Å². The van der Waals surface area contributed by atoms with Crippen LogP contribution in [0.1, 0.15) is 19.4 Å². The molecule has 1 rings (SSSR count). The van der Waals surface area contributed by atoms with Gasteiger partial charge in [0.1, 0.15) is 0 Å². The minimum Gasteiger partial charge on any atom is -0.336 e. The van der Waals surface area contributed by atoms with Crippen LogP contribution >= 0.6 is 0 Å². The van der Waals surface area contributed by atoms with Gasteiger partial charge in [-0.05, 0) is 19.4 Å². The van der Waals surface area contributed by atoms with E-state index < -0.39 is 15.6 Å². The molecule has 1 aromatic rings. The van der Waals surface area contributed by atoms with Gasteiger partial charge in [0.25, 0.3) is 0 Å². The maximum absolute atomic E-state index is 12.0. The number of amides is 2. The van der Waals surface area contributed by atoms with E-state index in [1.54, 1.807) is 25.8 Å². The molecule has 0 aliphatic rings. The van der Waals surface area contributed by atoms with Crippen LogP contribution in [0.4, 0.5) is 4.79 Å². The molecule has 0 bridgehead atoms. The SMILES string of the molecule is CN(Cc1ccccc1)C(=O)NCC(C)(C)NS(C)(=O)=O. The van der Waals surface area contributed by atoms with E-state index >= 15 is 0 Å². The largest absolute Gasteiger partial charge is 0.336 e. The molecular formula is C14H23N3O3S. The molecule has 0 unspecified atom stereocenters. The first-order valence-corrected chi connectivity index (χ1v) is 8.50. The molecule has 0 aromatic heterocycles. The van der Waals surface area contributed by atoms with Crippen LogP contribution in [0.3, 0.4) is 0 Å². The number of carbonyl (C=O) groups excluding carboxylic acids is 1. The monoisotopic (exact) mass is 313 g/mol. The maximum atomic E-state index is 12.0. The number of sulfonamides is 1. The summed E-state index contributed by atoms with van der Waals surface area (Å²) in [6, 6.07) is 9.39. The van der Waals surface area contributed by atoms with E-state index in [4.69, 9.17) is 0 Å². The first kappa shape index (κ1) is 17.5. The minimum absolute atomic E-state index is 0.206. The highest BCUT2D eigenvalue weighted by molar-refractivity contribution is 7.88. The number of hydrogen-bond acceptors (Lipinski definition) is 3. The second-order valence-corrected chi connectivity index (χ2v) is 7.51. The zero-order chi connectivity index (χ0) is 16.1. The third-order valence-corrected chi connectivity index (χ3v) is 3.68. The molecule has 21 heavy (non-hydrogen) atoms. The molecule has 0 saturated carbocycles. The Morgan fingerprint density at radius 2 is 1.81 bits per heavy atom. The summed E-state index contributed by atoms with van der Waals surface area (Å²) >= 11 is 0. The fourth-order valence-electron chi connectivity index (χ4n) is 1.90. The molecule has 6 nitrogen and oxygen atoms in total. The summed E-state index contributed by atoms with van der Waals surface area (Å²) < 4.78 is 24.9. The molecule has 0 heterocycles. The Balaban J connectivity index is 2.49. The summed E-state index contributed by atoms with van der Waals surface area (Å²) in [5.41, 5.74) is 0.292. The van der Waals surface area contributed by atoms with E-state index in [9.17, 15) is 13.2 Å². The van der Waals surface area contributed by atoms with Crippen molar-refractivity contribution in [1.82, 2.24) is 14.9 Å². The first-order chi connectivity index (χ1) is 9.59. The van der Waals surface area contributed by atoms with Gasteiger partial charge in [0, 0.05) is 25.7 Å². The number of urea groups is 1. The Morgan fingerprint density at radius 1 is 1.24 bits per heavy atom. The van der Waals surface area contributed by atoms with Crippen LogP contribution in [0.25, 0.3) is 0 Å². The Labute approximate surface area is 126 Å². The first-order valence-electron chi connectivity index (χ1n) is 6.61. The molecule has 0 aliphatic heterocycles. The van der Waals surface area contributed by atoms with Gasteiger partial charge in [-0.1, -0.05) is 30.3 Å². The zero-order valence-electron chi connectivity index (χ0n) is 12.9. The van der Waals surface area contributed by atoms with E-state index in [1.165, 1.54) is 0 Å². The molecule has 2 amide bonds. The van der Waals surface area contributed by atoms with Crippen molar-refractivity contribution in [1.29, 1.82) is 0 Å². The van der Waals surface area contributed by atoms with Crippen molar-refractivity contribution in [3.05, 3.63) is 35.9 Å². The second-order valence-electron chi connectivity index (χ2n) is 5.76. The number of hydrogen-bond donors (Lipinski definition) is 2. The van der Waals surface area contributed by atoms with Crippen molar-refractivity contribution in [2.45, 2.75) is 25.9 Å². The van der Waals surface area contributed by atoms with Gasteiger partial charge in [0.15, 0.2) is 0 Å². The molecule has 0 spiro atoms. The summed E-state index contributed by atoms with van der Waals surface area (Å²) in [6.07, 6.45) is 1.10. The average molecular weight is 313 g/mol. The summed E-state index contributed by atoms with van der Waals surface area (Å²) in [5, 5.41) is 2.73. The average Bonchev–Trinajstić information content (AvgIpc) is 2.34. The number of benzene rings is 1. The fraction of sp³-hybridized carbons (Fsp3) is 0.500. The Morgan fingerprint density at radius 3 is 2.33 bits per heavy atom. The second kappa shape index (κ2) is 6.91. The van der Waals surface area contributed by atoms with Crippen molar-refractivity contribution in [3.8, 4) is 0 Å². The lowest BCUT2D eigenvalue weighted by Crippen LogP contribution is -2.52. The molecular weight excluding hydrogens is 290 g/mol.